The van der Waals surface area contributed by atoms with E-state index in [-0.39, 0.29) is 18.0 Å². The van der Waals surface area contributed by atoms with E-state index in [9.17, 15) is 0 Å². The summed E-state index contributed by atoms with van der Waals surface area (Å²) < 4.78 is 0. The molecular formula is C44H34N4. The average Bonchev–Trinajstić information content (AvgIpc) is 3.98. The van der Waals surface area contributed by atoms with Crippen LogP contribution in [0.1, 0.15) is 39.6 Å². The Labute approximate surface area is 279 Å². The molecule has 0 aliphatic carbocycles. The van der Waals surface area contributed by atoms with Crippen molar-refractivity contribution >= 4 is 22.4 Å². The monoisotopic (exact) mass is 618 g/mol. The zero-order valence-corrected chi connectivity index (χ0v) is 26.3. The van der Waals surface area contributed by atoms with Gasteiger partial charge in [-0.2, -0.15) is 0 Å². The SMILES string of the molecule is C1=CC2=C(c3ccccc3)C3C=CC(N3)C(c3ccccc3)c3ccc([nH]3)C(c3ccccc3)=c3ccc([nH]3)=C(c3ccccc3)C1=N2. The summed E-state index contributed by atoms with van der Waals surface area (Å²) in [4.78, 5) is 13.1. The van der Waals surface area contributed by atoms with Crippen LogP contribution in [-0.2, 0) is 0 Å². The first-order valence-electron chi connectivity index (χ1n) is 16.6. The lowest BCUT2D eigenvalue weighted by atomic mass is 9.89. The maximum atomic E-state index is 5.39. The van der Waals surface area contributed by atoms with Gasteiger partial charge >= 0.3 is 0 Å². The molecule has 3 unspecified atom stereocenters. The predicted molar refractivity (Wildman–Crippen MR) is 196 cm³/mol. The molecule has 0 radical (unpaired) electrons. The summed E-state index contributed by atoms with van der Waals surface area (Å²) in [6.07, 6.45) is 9.01. The number of benzene rings is 4. The minimum atomic E-state index is -0.0163. The van der Waals surface area contributed by atoms with Crippen molar-refractivity contribution in [1.82, 2.24) is 15.3 Å². The van der Waals surface area contributed by atoms with Gasteiger partial charge in [-0.15, -0.1) is 0 Å². The molecule has 9 rings (SSSR count). The first-order chi connectivity index (χ1) is 23.8. The highest BCUT2D eigenvalue weighted by Crippen LogP contribution is 2.36. The molecule has 0 fully saturated rings. The summed E-state index contributed by atoms with van der Waals surface area (Å²) in [5.74, 6) is 0.0727. The van der Waals surface area contributed by atoms with Crippen LogP contribution in [0.2, 0.25) is 0 Å². The Bertz CT molecular complexity index is 2360. The molecular weight excluding hydrogens is 585 g/mol. The number of aromatic amines is 2. The molecule has 4 aromatic carbocycles. The Balaban J connectivity index is 1.36. The smallest absolute Gasteiger partial charge is 0.0737 e. The van der Waals surface area contributed by atoms with Crippen molar-refractivity contribution in [3.8, 4) is 0 Å². The van der Waals surface area contributed by atoms with Gasteiger partial charge in [0.25, 0.3) is 0 Å². The van der Waals surface area contributed by atoms with Crippen LogP contribution < -0.4 is 16.0 Å². The maximum Gasteiger partial charge on any atom is 0.0737 e. The number of nitrogens with zero attached hydrogens (tertiary/aromatic N) is 1. The first kappa shape index (κ1) is 28.3. The van der Waals surface area contributed by atoms with E-state index in [1.807, 2.05) is 0 Å². The summed E-state index contributed by atoms with van der Waals surface area (Å²) in [7, 11) is 0. The number of hydrogen-bond acceptors (Lipinski definition) is 2. The quantitative estimate of drug-likeness (QED) is 0.179. The standard InChI is InChI=1S/C44H34N4/c1-5-13-29(14-6-1)41-33-21-23-35(45-33)42(30-15-7-2-8-16-30)37-25-27-39(47-37)44(32-19-11-4-12-20-32)40-28-26-38(48-40)43(31-17-9-3-10-18-31)36-24-22-34(41)46-36/h1-28,33,35,41,45-46,48H. The number of aliphatic imine (C=N–C) groups is 1. The summed E-state index contributed by atoms with van der Waals surface area (Å²) in [5.41, 5.74) is 12.2. The third kappa shape index (κ3) is 5.04. The third-order valence-corrected chi connectivity index (χ3v) is 9.63. The van der Waals surface area contributed by atoms with E-state index in [4.69, 9.17) is 4.99 Å². The van der Waals surface area contributed by atoms with Gasteiger partial charge in [-0.05, 0) is 58.7 Å². The van der Waals surface area contributed by atoms with Gasteiger partial charge in [-0.25, -0.2) is 4.99 Å². The highest BCUT2D eigenvalue weighted by molar-refractivity contribution is 6.30. The summed E-state index contributed by atoms with van der Waals surface area (Å²) in [5, 5.41) is 6.10. The minimum Gasteiger partial charge on any atom is -0.358 e. The van der Waals surface area contributed by atoms with Crippen LogP contribution >= 0.6 is 0 Å². The number of fused-ring (bicyclic) bond motifs is 7. The van der Waals surface area contributed by atoms with Crippen LogP contribution in [0.15, 0.2) is 181 Å². The number of hydrogen-bond donors (Lipinski definition) is 3. The molecule has 6 aromatic rings. The highest BCUT2D eigenvalue weighted by Gasteiger charge is 2.33. The Morgan fingerprint density at radius 3 is 1.79 bits per heavy atom. The molecule has 3 aliphatic heterocycles. The summed E-state index contributed by atoms with van der Waals surface area (Å²) >= 11 is 0. The van der Waals surface area contributed by atoms with Crippen molar-refractivity contribution in [2.75, 3.05) is 0 Å². The maximum absolute atomic E-state index is 5.39. The van der Waals surface area contributed by atoms with Gasteiger partial charge in [0.05, 0.1) is 17.5 Å². The van der Waals surface area contributed by atoms with Crippen molar-refractivity contribution in [3.05, 3.63) is 220 Å². The molecule has 0 spiro atoms. The van der Waals surface area contributed by atoms with Crippen molar-refractivity contribution in [2.45, 2.75) is 18.0 Å². The fourth-order valence-corrected chi connectivity index (χ4v) is 7.47. The van der Waals surface area contributed by atoms with Crippen LogP contribution in [0.4, 0.5) is 0 Å². The van der Waals surface area contributed by atoms with Crippen LogP contribution in [0.25, 0.3) is 16.7 Å². The zero-order chi connectivity index (χ0) is 31.9. The predicted octanol–water partition coefficient (Wildman–Crippen LogP) is 7.25. The van der Waals surface area contributed by atoms with E-state index in [2.05, 4.69) is 185 Å². The van der Waals surface area contributed by atoms with Gasteiger partial charge in [0.1, 0.15) is 0 Å². The molecule has 0 saturated heterocycles. The van der Waals surface area contributed by atoms with Crippen LogP contribution in [0, 0.1) is 0 Å². The van der Waals surface area contributed by atoms with Gasteiger partial charge in [-0.3, -0.25) is 5.32 Å². The largest absolute Gasteiger partial charge is 0.358 e. The minimum absolute atomic E-state index is 0.0163. The lowest BCUT2D eigenvalue weighted by Gasteiger charge is -2.26. The molecule has 0 saturated carbocycles. The van der Waals surface area contributed by atoms with E-state index in [1.54, 1.807) is 0 Å². The molecule has 0 amide bonds. The Hall–Kier alpha value is -5.97. The number of rotatable bonds is 4. The van der Waals surface area contributed by atoms with Crippen LogP contribution in [0.5, 0.6) is 0 Å². The van der Waals surface area contributed by atoms with Gasteiger partial charge in [-0.1, -0.05) is 133 Å². The number of aromatic nitrogens is 2. The fourth-order valence-electron chi connectivity index (χ4n) is 7.47. The van der Waals surface area contributed by atoms with Gasteiger partial charge in [0.2, 0.25) is 0 Å². The normalized spacial score (nSPS) is 20.0. The lowest BCUT2D eigenvalue weighted by Crippen LogP contribution is -2.36. The van der Waals surface area contributed by atoms with Crippen molar-refractivity contribution in [1.29, 1.82) is 0 Å². The molecule has 4 nitrogen and oxygen atoms in total. The number of allylic oxidation sites excluding steroid dienone is 2. The number of nitrogens with one attached hydrogen (secondary N) is 3. The third-order valence-electron chi connectivity index (χ3n) is 9.63. The van der Waals surface area contributed by atoms with Crippen molar-refractivity contribution in [2.24, 2.45) is 4.99 Å². The molecule has 3 N–H and O–H groups in total. The Morgan fingerprint density at radius 1 is 0.500 bits per heavy atom. The van der Waals surface area contributed by atoms with Gasteiger partial charge in [0.15, 0.2) is 0 Å². The molecule has 3 atom stereocenters. The highest BCUT2D eigenvalue weighted by atomic mass is 15.0. The number of H-pyrrole nitrogens is 2. The van der Waals surface area contributed by atoms with E-state index < -0.39 is 0 Å². The molecule has 4 heteroatoms. The molecule has 2 aromatic heterocycles. The second-order valence-electron chi connectivity index (χ2n) is 12.5. The average molecular weight is 619 g/mol. The van der Waals surface area contributed by atoms with Crippen LogP contribution in [-0.4, -0.2) is 27.8 Å². The van der Waals surface area contributed by atoms with E-state index >= 15 is 0 Å². The van der Waals surface area contributed by atoms with Crippen molar-refractivity contribution < 1.29 is 0 Å². The van der Waals surface area contributed by atoms with Crippen molar-refractivity contribution in [3.63, 3.8) is 0 Å². The van der Waals surface area contributed by atoms with Gasteiger partial charge < -0.3 is 9.97 Å². The molecule has 3 aliphatic rings. The van der Waals surface area contributed by atoms with Crippen LogP contribution in [0.3, 0.4) is 0 Å². The van der Waals surface area contributed by atoms with E-state index in [0.29, 0.717) is 0 Å². The fraction of sp³-hybridized carbons (Fsp3) is 0.0682. The zero-order valence-electron chi connectivity index (χ0n) is 26.3. The topological polar surface area (TPSA) is 56.0 Å². The Kier molecular flexibility index (Phi) is 7.07. The summed E-state index contributed by atoms with van der Waals surface area (Å²) in [6.45, 7) is 0. The second-order valence-corrected chi connectivity index (χ2v) is 12.5. The molecule has 8 bridgehead atoms. The van der Waals surface area contributed by atoms with Gasteiger partial charge in [0, 0.05) is 50.8 Å². The molecule has 5 heterocycles. The lowest BCUT2D eigenvalue weighted by molar-refractivity contribution is 0.561. The second kappa shape index (κ2) is 12.0. The molecule has 48 heavy (non-hydrogen) atoms. The van der Waals surface area contributed by atoms with E-state index in [0.717, 1.165) is 61.3 Å². The summed E-state index contributed by atoms with van der Waals surface area (Å²) in [6, 6.07) is 51.7. The van der Waals surface area contributed by atoms with E-state index in [1.165, 1.54) is 11.1 Å². The first-order valence-corrected chi connectivity index (χ1v) is 16.6. The Morgan fingerprint density at radius 2 is 1.10 bits per heavy atom. The molecule has 230 valence electrons.